The van der Waals surface area contributed by atoms with Crippen molar-refractivity contribution in [3.8, 4) is 28.8 Å². The van der Waals surface area contributed by atoms with Crippen molar-refractivity contribution >= 4 is 87.2 Å². The topological polar surface area (TPSA) is 43.5 Å². The van der Waals surface area contributed by atoms with E-state index in [0.29, 0.717) is 5.56 Å². The molecule has 0 radical (unpaired) electrons. The van der Waals surface area contributed by atoms with Gasteiger partial charge in [-0.1, -0.05) is 115 Å². The molecule has 0 bridgehead atoms. The highest BCUT2D eigenvalue weighted by Gasteiger charge is 2.25. The van der Waals surface area contributed by atoms with E-state index in [9.17, 15) is 5.26 Å². The number of para-hydroxylation sites is 6. The van der Waals surface area contributed by atoms with E-state index in [-0.39, 0.29) is 0 Å². The van der Waals surface area contributed by atoms with Crippen LogP contribution in [0.15, 0.2) is 200 Å². The molecule has 0 atom stereocenters. The number of nitriles is 1. The van der Waals surface area contributed by atoms with Crippen LogP contribution in [-0.2, 0) is 0 Å². The largest absolute Gasteiger partial charge is 0.309 e. The van der Waals surface area contributed by atoms with E-state index in [1.807, 2.05) is 0 Å². The molecule has 60 heavy (non-hydrogen) atoms. The van der Waals surface area contributed by atoms with Crippen molar-refractivity contribution in [2.24, 2.45) is 0 Å². The minimum absolute atomic E-state index is 0.645. The Morgan fingerprint density at radius 2 is 0.733 bits per heavy atom. The predicted molar refractivity (Wildman–Crippen MR) is 249 cm³/mol. The van der Waals surface area contributed by atoms with Crippen molar-refractivity contribution in [3.05, 3.63) is 206 Å². The second-order valence-corrected chi connectivity index (χ2v) is 15.6. The Labute approximate surface area is 344 Å². The number of hydrogen-bond acceptors (Lipinski definition) is 1. The Morgan fingerprint density at radius 1 is 0.283 bits per heavy atom. The first-order valence-corrected chi connectivity index (χ1v) is 20.3. The number of hydrogen-bond donors (Lipinski definition) is 0. The first-order chi connectivity index (χ1) is 29.8. The zero-order valence-corrected chi connectivity index (χ0v) is 32.3. The predicted octanol–water partition coefficient (Wildman–Crippen LogP) is 13.9. The van der Waals surface area contributed by atoms with E-state index in [0.717, 1.165) is 82.8 Å². The van der Waals surface area contributed by atoms with Gasteiger partial charge in [0.25, 0.3) is 0 Å². The highest BCUT2D eigenvalue weighted by Crippen LogP contribution is 2.46. The third-order valence-electron chi connectivity index (χ3n) is 12.5. The summed E-state index contributed by atoms with van der Waals surface area (Å²) in [5.74, 6) is 0. The molecule has 0 unspecified atom stereocenters. The summed E-state index contributed by atoms with van der Waals surface area (Å²) < 4.78 is 9.52. The molecular weight excluding hydrogens is 731 g/mol. The summed E-state index contributed by atoms with van der Waals surface area (Å²) in [7, 11) is 0. The van der Waals surface area contributed by atoms with Crippen LogP contribution in [0.4, 0.5) is 0 Å². The van der Waals surface area contributed by atoms with Crippen molar-refractivity contribution in [1.29, 1.82) is 5.26 Å². The summed E-state index contributed by atoms with van der Waals surface area (Å²) in [5.41, 5.74) is 13.8. The SMILES string of the molecule is N#Cc1cc2c3ccccc3n(-c3ccccc3)c2c2c3ccccc3n(-c3ccc4c(c3)c3ccc5c(c6ccccc6n5-c5ccccc5)c3n4-c3ccccc3)c12. The molecule has 0 saturated heterocycles. The Kier molecular flexibility index (Phi) is 6.73. The van der Waals surface area contributed by atoms with Crippen molar-refractivity contribution in [2.45, 2.75) is 0 Å². The van der Waals surface area contributed by atoms with Crippen LogP contribution in [0, 0.1) is 11.3 Å². The zero-order valence-electron chi connectivity index (χ0n) is 32.3. The number of rotatable bonds is 4. The fourth-order valence-electron chi connectivity index (χ4n) is 10.2. The van der Waals surface area contributed by atoms with Gasteiger partial charge in [-0.3, -0.25) is 0 Å². The van der Waals surface area contributed by atoms with Crippen LogP contribution in [0.25, 0.3) is 110 Å². The molecule has 0 aliphatic carbocycles. The summed E-state index contributed by atoms with van der Waals surface area (Å²) in [4.78, 5) is 0. The van der Waals surface area contributed by atoms with Crippen LogP contribution in [-0.4, -0.2) is 18.3 Å². The van der Waals surface area contributed by atoms with Gasteiger partial charge in [-0.25, -0.2) is 0 Å². The molecule has 4 aromatic heterocycles. The summed E-state index contributed by atoms with van der Waals surface area (Å²) in [5, 5.41) is 20.1. The molecule has 5 heteroatoms. The van der Waals surface area contributed by atoms with E-state index in [1.165, 1.54) is 27.2 Å². The monoisotopic (exact) mass is 763 g/mol. The van der Waals surface area contributed by atoms with E-state index in [2.05, 4.69) is 225 Å². The smallest absolute Gasteiger partial charge is 0.101 e. The Hall–Kier alpha value is -8.33. The summed E-state index contributed by atoms with van der Waals surface area (Å²) in [6, 6.07) is 74.1. The maximum Gasteiger partial charge on any atom is 0.101 e. The van der Waals surface area contributed by atoms with Crippen LogP contribution in [0.3, 0.4) is 0 Å². The molecule has 0 saturated carbocycles. The normalized spacial score (nSPS) is 12.0. The van der Waals surface area contributed by atoms with E-state index < -0.39 is 0 Å². The van der Waals surface area contributed by atoms with Crippen molar-refractivity contribution in [3.63, 3.8) is 0 Å². The maximum atomic E-state index is 11.0. The van der Waals surface area contributed by atoms with Gasteiger partial charge in [0.15, 0.2) is 0 Å². The van der Waals surface area contributed by atoms with Gasteiger partial charge < -0.3 is 18.3 Å². The van der Waals surface area contributed by atoms with E-state index in [4.69, 9.17) is 0 Å². The van der Waals surface area contributed by atoms with Gasteiger partial charge in [-0.15, -0.1) is 0 Å². The fourth-order valence-corrected chi connectivity index (χ4v) is 10.2. The Bertz CT molecular complexity index is 3930. The zero-order chi connectivity index (χ0) is 39.5. The number of benzene rings is 9. The maximum absolute atomic E-state index is 11.0. The van der Waals surface area contributed by atoms with Crippen LogP contribution in [0.2, 0.25) is 0 Å². The van der Waals surface area contributed by atoms with Crippen LogP contribution < -0.4 is 0 Å². The van der Waals surface area contributed by atoms with E-state index >= 15 is 0 Å². The van der Waals surface area contributed by atoms with E-state index in [1.54, 1.807) is 0 Å². The van der Waals surface area contributed by atoms with Crippen LogP contribution >= 0.6 is 0 Å². The molecule has 0 fully saturated rings. The van der Waals surface area contributed by atoms with Gasteiger partial charge in [0.1, 0.15) is 6.07 Å². The number of aromatic nitrogens is 4. The van der Waals surface area contributed by atoms with Crippen molar-refractivity contribution in [2.75, 3.05) is 0 Å². The first kappa shape index (κ1) is 32.7. The van der Waals surface area contributed by atoms with Gasteiger partial charge in [0, 0.05) is 65.8 Å². The fraction of sp³-hybridized carbons (Fsp3) is 0. The first-order valence-electron chi connectivity index (χ1n) is 20.3. The number of fused-ring (bicyclic) bond motifs is 14. The van der Waals surface area contributed by atoms with Crippen molar-refractivity contribution < 1.29 is 0 Å². The van der Waals surface area contributed by atoms with Crippen molar-refractivity contribution in [1.82, 2.24) is 18.3 Å². The molecule has 0 N–H and O–H groups in total. The third kappa shape index (κ3) is 4.34. The van der Waals surface area contributed by atoms with Crippen LogP contribution in [0.1, 0.15) is 5.56 Å². The molecule has 278 valence electrons. The molecule has 0 amide bonds. The standard InChI is InChI=1S/C55H33N5/c56-34-35-32-45-40-22-10-13-25-46(40)58(37-18-6-2-7-19-37)55(45)52-43-24-12-15-27-48(43)60(53(35)52)39-28-30-49-44(33-39)41-29-31-50-51(54(41)59(49)38-20-8-3-9-21-38)42-23-11-14-26-47(42)57(50)36-16-4-1-5-17-36/h1-33H. The van der Waals surface area contributed by atoms with Crippen LogP contribution in [0.5, 0.6) is 0 Å². The average Bonchev–Trinajstić information content (AvgIpc) is 4.04. The number of nitrogens with zero attached hydrogens (tertiary/aromatic N) is 5. The Balaban J connectivity index is 1.18. The molecule has 9 aromatic carbocycles. The second kappa shape index (κ2) is 12.3. The molecule has 0 aliphatic rings. The highest BCUT2D eigenvalue weighted by atomic mass is 15.0. The van der Waals surface area contributed by atoms with Gasteiger partial charge >= 0.3 is 0 Å². The second-order valence-electron chi connectivity index (χ2n) is 15.6. The minimum Gasteiger partial charge on any atom is -0.309 e. The lowest BCUT2D eigenvalue weighted by Crippen LogP contribution is -1.98. The summed E-state index contributed by atoms with van der Waals surface area (Å²) >= 11 is 0. The molecule has 0 aliphatic heterocycles. The minimum atomic E-state index is 0.645. The van der Waals surface area contributed by atoms with Gasteiger partial charge in [-0.2, -0.15) is 5.26 Å². The summed E-state index contributed by atoms with van der Waals surface area (Å²) in [6.07, 6.45) is 0. The van der Waals surface area contributed by atoms with Gasteiger partial charge in [0.2, 0.25) is 0 Å². The third-order valence-corrected chi connectivity index (χ3v) is 12.5. The Morgan fingerprint density at radius 3 is 1.35 bits per heavy atom. The van der Waals surface area contributed by atoms with Gasteiger partial charge in [0.05, 0.1) is 49.7 Å². The molecule has 4 heterocycles. The quantitative estimate of drug-likeness (QED) is 0.176. The molecule has 5 nitrogen and oxygen atoms in total. The highest BCUT2D eigenvalue weighted by molar-refractivity contribution is 6.29. The average molecular weight is 764 g/mol. The summed E-state index contributed by atoms with van der Waals surface area (Å²) in [6.45, 7) is 0. The lowest BCUT2D eigenvalue weighted by atomic mass is 10.0. The lowest BCUT2D eigenvalue weighted by molar-refractivity contribution is 1.16. The van der Waals surface area contributed by atoms with Gasteiger partial charge in [-0.05, 0) is 84.9 Å². The molecule has 0 spiro atoms. The lowest BCUT2D eigenvalue weighted by Gasteiger charge is -2.12. The molecular formula is C55H33N5. The molecule has 13 rings (SSSR count). The molecule has 13 aromatic rings.